The van der Waals surface area contributed by atoms with E-state index in [0.717, 1.165) is 54.5 Å². The number of halogens is 1. The number of nitrogens with one attached hydrogen (secondary N) is 1. The monoisotopic (exact) mass is 550 g/mol. The standard InChI is InChI=1S/C28H35ClN8O2/c1-5-25(38)34-11-18-9-10-19(12-34)37(18)26-21-15-36(28(39)31-23-8-6-7-22(29)17(23)2)16-24(21)30-27(32-26)35-13-20(14-35)33(3)4/h5-8,18-20H,1,9-16H2,2-4H3,(H,31,39). The van der Waals surface area contributed by atoms with Gasteiger partial charge in [-0.15, -0.1) is 0 Å². The van der Waals surface area contributed by atoms with Gasteiger partial charge in [-0.2, -0.15) is 4.98 Å². The van der Waals surface area contributed by atoms with E-state index in [-0.39, 0.29) is 24.0 Å². The summed E-state index contributed by atoms with van der Waals surface area (Å²) in [5.41, 5.74) is 3.43. The van der Waals surface area contributed by atoms with Crippen molar-refractivity contribution in [1.82, 2.24) is 24.7 Å². The van der Waals surface area contributed by atoms with E-state index < -0.39 is 0 Å². The molecule has 2 bridgehead atoms. The fourth-order valence-corrected chi connectivity index (χ4v) is 6.34. The summed E-state index contributed by atoms with van der Waals surface area (Å²) < 4.78 is 0. The van der Waals surface area contributed by atoms with Gasteiger partial charge in [0.1, 0.15) is 5.82 Å². The smallest absolute Gasteiger partial charge is 0.322 e. The molecule has 0 radical (unpaired) electrons. The van der Waals surface area contributed by atoms with E-state index in [0.29, 0.717) is 42.9 Å². The van der Waals surface area contributed by atoms with E-state index in [1.165, 1.54) is 6.08 Å². The molecule has 3 amide bonds. The molecule has 11 heteroatoms. The lowest BCUT2D eigenvalue weighted by molar-refractivity contribution is -0.126. The lowest BCUT2D eigenvalue weighted by Crippen LogP contribution is -2.58. The first-order chi connectivity index (χ1) is 18.7. The molecule has 1 aromatic carbocycles. The topological polar surface area (TPSA) is 88.2 Å². The number of hydrogen-bond donors (Lipinski definition) is 1. The second-order valence-electron chi connectivity index (χ2n) is 11.2. The highest BCUT2D eigenvalue weighted by Gasteiger charge is 2.44. The van der Waals surface area contributed by atoms with Crippen molar-refractivity contribution in [1.29, 1.82) is 0 Å². The third-order valence-electron chi connectivity index (χ3n) is 8.63. The summed E-state index contributed by atoms with van der Waals surface area (Å²) in [5, 5.41) is 3.65. The number of carbonyl (C=O) groups is 2. The number of aromatic nitrogens is 2. The Morgan fingerprint density at radius 2 is 1.79 bits per heavy atom. The Morgan fingerprint density at radius 3 is 2.46 bits per heavy atom. The van der Waals surface area contributed by atoms with E-state index >= 15 is 0 Å². The number of carbonyl (C=O) groups excluding carboxylic acids is 2. The van der Waals surface area contributed by atoms with Crippen molar-refractivity contribution in [2.24, 2.45) is 0 Å². The van der Waals surface area contributed by atoms with E-state index in [4.69, 9.17) is 21.6 Å². The molecule has 6 rings (SSSR count). The quantitative estimate of drug-likeness (QED) is 0.572. The van der Waals surface area contributed by atoms with Crippen molar-refractivity contribution in [2.45, 2.75) is 51.0 Å². The number of hydrogen-bond acceptors (Lipinski definition) is 7. The van der Waals surface area contributed by atoms with Crippen LogP contribution in [0.15, 0.2) is 30.9 Å². The predicted octanol–water partition coefficient (Wildman–Crippen LogP) is 3.10. The predicted molar refractivity (Wildman–Crippen MR) is 152 cm³/mol. The van der Waals surface area contributed by atoms with Gasteiger partial charge in [0.2, 0.25) is 11.9 Å². The Labute approximate surface area is 234 Å². The van der Waals surface area contributed by atoms with Crippen molar-refractivity contribution in [3.05, 3.63) is 52.7 Å². The number of likely N-dealkylation sites (N-methyl/N-ethyl adjacent to an activating group) is 1. The number of urea groups is 1. The molecule has 0 saturated carbocycles. The largest absolute Gasteiger partial charge is 0.347 e. The molecule has 2 atom stereocenters. The van der Waals surface area contributed by atoms with Gasteiger partial charge < -0.3 is 29.8 Å². The number of nitrogens with zero attached hydrogens (tertiary/aromatic N) is 7. The molecule has 4 aliphatic rings. The summed E-state index contributed by atoms with van der Waals surface area (Å²) in [7, 11) is 4.19. The highest BCUT2D eigenvalue weighted by molar-refractivity contribution is 6.31. The molecule has 0 spiro atoms. The van der Waals surface area contributed by atoms with E-state index in [1.807, 2.05) is 30.0 Å². The summed E-state index contributed by atoms with van der Waals surface area (Å²) in [5.74, 6) is 1.61. The average molecular weight is 551 g/mol. The minimum Gasteiger partial charge on any atom is -0.347 e. The minimum atomic E-state index is -0.188. The van der Waals surface area contributed by atoms with Gasteiger partial charge in [0, 0.05) is 60.6 Å². The summed E-state index contributed by atoms with van der Waals surface area (Å²) >= 11 is 6.28. The molecule has 1 aromatic heterocycles. The van der Waals surface area contributed by atoms with Crippen LogP contribution in [0, 0.1) is 6.92 Å². The lowest BCUT2D eigenvalue weighted by atomic mass is 10.1. The molecular weight excluding hydrogens is 516 g/mol. The van der Waals surface area contributed by atoms with Gasteiger partial charge in [-0.25, -0.2) is 9.78 Å². The van der Waals surface area contributed by atoms with Crippen molar-refractivity contribution < 1.29 is 9.59 Å². The number of likely N-dealkylation sites (tertiary alicyclic amines) is 1. The maximum atomic E-state index is 13.4. The molecule has 1 N–H and O–H groups in total. The summed E-state index contributed by atoms with van der Waals surface area (Å²) in [6.07, 6.45) is 3.41. The highest BCUT2D eigenvalue weighted by atomic mass is 35.5. The Kier molecular flexibility index (Phi) is 6.63. The molecule has 0 aliphatic carbocycles. The minimum absolute atomic E-state index is 0.0189. The third kappa shape index (κ3) is 4.59. The van der Waals surface area contributed by atoms with Crippen LogP contribution in [0.3, 0.4) is 0 Å². The van der Waals surface area contributed by atoms with Crippen molar-refractivity contribution in [3.63, 3.8) is 0 Å². The van der Waals surface area contributed by atoms with Crippen LogP contribution < -0.4 is 15.1 Å². The molecule has 10 nitrogen and oxygen atoms in total. The zero-order chi connectivity index (χ0) is 27.4. The van der Waals surface area contributed by atoms with E-state index in [9.17, 15) is 9.59 Å². The van der Waals surface area contributed by atoms with Gasteiger partial charge in [-0.3, -0.25) is 4.79 Å². The zero-order valence-electron chi connectivity index (χ0n) is 22.7. The summed E-state index contributed by atoms with van der Waals surface area (Å²) in [6, 6.07) is 6.16. The number of benzene rings is 1. The molecule has 3 saturated heterocycles. The van der Waals surface area contributed by atoms with Crippen LogP contribution in [0.1, 0.15) is 29.7 Å². The first kappa shape index (κ1) is 25.9. The lowest BCUT2D eigenvalue weighted by Gasteiger charge is -2.44. The zero-order valence-corrected chi connectivity index (χ0v) is 23.5. The molecular formula is C28H35ClN8O2. The molecule has 5 heterocycles. The molecule has 39 heavy (non-hydrogen) atoms. The summed E-state index contributed by atoms with van der Waals surface area (Å²) in [4.78, 5) is 46.4. The molecule has 2 unspecified atom stereocenters. The highest BCUT2D eigenvalue weighted by Crippen LogP contribution is 2.40. The third-order valence-corrected chi connectivity index (χ3v) is 9.04. The van der Waals surface area contributed by atoms with Crippen LogP contribution >= 0.6 is 11.6 Å². The van der Waals surface area contributed by atoms with Crippen LogP contribution in [0.4, 0.5) is 22.2 Å². The normalized spacial score (nSPS) is 22.3. The van der Waals surface area contributed by atoms with Gasteiger partial charge >= 0.3 is 6.03 Å². The van der Waals surface area contributed by atoms with Crippen LogP contribution in [0.2, 0.25) is 5.02 Å². The van der Waals surface area contributed by atoms with Crippen LogP contribution in [-0.4, -0.2) is 95.0 Å². The van der Waals surface area contributed by atoms with Crippen molar-refractivity contribution in [3.8, 4) is 0 Å². The maximum absolute atomic E-state index is 13.4. The van der Waals surface area contributed by atoms with Gasteiger partial charge in [0.25, 0.3) is 0 Å². The molecule has 2 aromatic rings. The number of anilines is 3. The van der Waals surface area contributed by atoms with Crippen molar-refractivity contribution in [2.75, 3.05) is 55.4 Å². The van der Waals surface area contributed by atoms with Crippen molar-refractivity contribution >= 4 is 41.0 Å². The van der Waals surface area contributed by atoms with Gasteiger partial charge in [-0.05, 0) is 57.6 Å². The number of piperazine rings is 1. The Balaban J connectivity index is 1.29. The first-order valence-electron chi connectivity index (χ1n) is 13.6. The Bertz CT molecular complexity index is 1310. The first-order valence-corrected chi connectivity index (χ1v) is 13.9. The molecule has 206 valence electrons. The SMILES string of the molecule is C=CC(=O)N1CC2CCC(C1)N2c1nc(N2CC(N(C)C)C2)nc2c1CN(C(=O)Nc1cccc(Cl)c1C)C2. The van der Waals surface area contributed by atoms with Crippen LogP contribution in [-0.2, 0) is 17.9 Å². The number of rotatable bonds is 5. The second-order valence-corrected chi connectivity index (χ2v) is 11.6. The van der Waals surface area contributed by atoms with E-state index in [1.54, 1.807) is 4.90 Å². The van der Waals surface area contributed by atoms with Crippen LogP contribution in [0.5, 0.6) is 0 Å². The number of fused-ring (bicyclic) bond motifs is 3. The van der Waals surface area contributed by atoms with Crippen LogP contribution in [0.25, 0.3) is 0 Å². The fraction of sp³-hybridized carbons (Fsp3) is 0.500. The molecule has 4 aliphatic heterocycles. The number of amides is 3. The van der Waals surface area contributed by atoms with Gasteiger partial charge in [0.05, 0.1) is 18.8 Å². The fourth-order valence-electron chi connectivity index (χ4n) is 6.16. The average Bonchev–Trinajstić information content (AvgIpc) is 3.42. The van der Waals surface area contributed by atoms with Gasteiger partial charge in [-0.1, -0.05) is 24.2 Å². The molecule has 3 fully saturated rings. The Morgan fingerprint density at radius 1 is 1.08 bits per heavy atom. The van der Waals surface area contributed by atoms with Gasteiger partial charge in [0.15, 0.2) is 0 Å². The maximum Gasteiger partial charge on any atom is 0.322 e. The van der Waals surface area contributed by atoms with E-state index in [2.05, 4.69) is 40.7 Å². The Hall–Kier alpha value is -3.37. The second kappa shape index (κ2) is 9.98. The summed E-state index contributed by atoms with van der Waals surface area (Å²) in [6.45, 7) is 9.47.